The largest absolute Gasteiger partial charge is 0.443 e. The second kappa shape index (κ2) is 4.40. The van der Waals surface area contributed by atoms with Crippen LogP contribution in [-0.4, -0.2) is 10.8 Å². The van der Waals surface area contributed by atoms with Crippen LogP contribution >= 0.6 is 11.3 Å². The Labute approximate surface area is 101 Å². The van der Waals surface area contributed by atoms with Crippen LogP contribution in [0.25, 0.3) is 0 Å². The number of thiazole rings is 1. The standard InChI is InChI=1S/C11H12F3NOS/c1-6-2-3-7(4-6)9(16)8-5-15-10(17-8)11(12,13)14/h5-7H,2-4H2,1H3. The van der Waals surface area contributed by atoms with Gasteiger partial charge in [0.2, 0.25) is 0 Å². The molecule has 6 heteroatoms. The molecule has 0 amide bonds. The minimum Gasteiger partial charge on any atom is -0.293 e. The number of halogens is 3. The summed E-state index contributed by atoms with van der Waals surface area (Å²) < 4.78 is 37.0. The summed E-state index contributed by atoms with van der Waals surface area (Å²) in [6.07, 6.45) is -0.871. The molecule has 0 N–H and O–H groups in total. The molecular formula is C11H12F3NOS. The zero-order chi connectivity index (χ0) is 12.6. The number of hydrogen-bond donors (Lipinski definition) is 0. The fourth-order valence-electron chi connectivity index (χ4n) is 2.17. The first-order valence-corrected chi connectivity index (χ1v) is 6.27. The second-order valence-corrected chi connectivity index (χ2v) is 5.54. The predicted molar refractivity (Wildman–Crippen MR) is 58.0 cm³/mol. The lowest BCUT2D eigenvalue weighted by molar-refractivity contribution is -0.137. The molecule has 0 aromatic carbocycles. The van der Waals surface area contributed by atoms with Crippen LogP contribution in [0.1, 0.15) is 40.9 Å². The third kappa shape index (κ3) is 2.68. The van der Waals surface area contributed by atoms with Crippen LogP contribution in [-0.2, 0) is 6.18 Å². The highest BCUT2D eigenvalue weighted by atomic mass is 32.1. The smallest absolute Gasteiger partial charge is 0.293 e. The van der Waals surface area contributed by atoms with Crippen molar-refractivity contribution in [3.63, 3.8) is 0 Å². The first-order valence-electron chi connectivity index (χ1n) is 5.45. The molecule has 1 aliphatic carbocycles. The molecule has 0 radical (unpaired) electrons. The van der Waals surface area contributed by atoms with Crippen LogP contribution in [0.5, 0.6) is 0 Å². The molecule has 0 bridgehead atoms. The lowest BCUT2D eigenvalue weighted by Gasteiger charge is -2.05. The van der Waals surface area contributed by atoms with Crippen molar-refractivity contribution in [2.24, 2.45) is 11.8 Å². The van der Waals surface area contributed by atoms with Gasteiger partial charge in [0.1, 0.15) is 0 Å². The van der Waals surface area contributed by atoms with E-state index in [1.165, 1.54) is 0 Å². The molecule has 17 heavy (non-hydrogen) atoms. The van der Waals surface area contributed by atoms with Crippen molar-refractivity contribution in [2.45, 2.75) is 32.4 Å². The number of carbonyl (C=O) groups excluding carboxylic acids is 1. The second-order valence-electron chi connectivity index (χ2n) is 4.51. The fourth-order valence-corrected chi connectivity index (χ4v) is 2.97. The lowest BCUT2D eigenvalue weighted by Crippen LogP contribution is -2.09. The molecule has 0 saturated heterocycles. The Morgan fingerprint density at radius 3 is 2.65 bits per heavy atom. The SMILES string of the molecule is CC1CCC(C(=O)c2cnc(C(F)(F)F)s2)C1. The number of Topliss-reactive ketones (excluding diaryl/α,β-unsaturated/α-hetero) is 1. The summed E-state index contributed by atoms with van der Waals surface area (Å²) in [6.45, 7) is 2.06. The van der Waals surface area contributed by atoms with Crippen LogP contribution in [0, 0.1) is 11.8 Å². The molecule has 2 nitrogen and oxygen atoms in total. The summed E-state index contributed by atoms with van der Waals surface area (Å²) in [5.74, 6) is 0.188. The maximum atomic E-state index is 12.3. The van der Waals surface area contributed by atoms with Gasteiger partial charge in [-0.2, -0.15) is 13.2 Å². The number of ketones is 1. The van der Waals surface area contributed by atoms with Gasteiger partial charge in [-0.15, -0.1) is 11.3 Å². The van der Waals surface area contributed by atoms with E-state index in [0.717, 1.165) is 25.5 Å². The normalized spacial score (nSPS) is 25.2. The highest BCUT2D eigenvalue weighted by Crippen LogP contribution is 2.36. The Morgan fingerprint density at radius 1 is 1.47 bits per heavy atom. The maximum Gasteiger partial charge on any atom is 0.443 e. The van der Waals surface area contributed by atoms with Crippen molar-refractivity contribution in [1.82, 2.24) is 4.98 Å². The van der Waals surface area contributed by atoms with E-state index >= 15 is 0 Å². The summed E-state index contributed by atoms with van der Waals surface area (Å²) in [7, 11) is 0. The van der Waals surface area contributed by atoms with E-state index in [-0.39, 0.29) is 16.6 Å². The van der Waals surface area contributed by atoms with E-state index in [0.29, 0.717) is 17.3 Å². The average Bonchev–Trinajstić information content (AvgIpc) is 2.83. The molecule has 2 rings (SSSR count). The van der Waals surface area contributed by atoms with Crippen LogP contribution < -0.4 is 0 Å². The third-order valence-corrected chi connectivity index (χ3v) is 4.11. The molecule has 94 valence electrons. The van der Waals surface area contributed by atoms with Gasteiger partial charge in [0, 0.05) is 12.1 Å². The molecule has 1 aromatic heterocycles. The molecule has 1 aliphatic rings. The van der Waals surface area contributed by atoms with E-state index in [1.807, 2.05) is 0 Å². The van der Waals surface area contributed by atoms with E-state index < -0.39 is 11.2 Å². The van der Waals surface area contributed by atoms with Gasteiger partial charge >= 0.3 is 6.18 Å². The number of aromatic nitrogens is 1. The van der Waals surface area contributed by atoms with Crippen molar-refractivity contribution in [3.8, 4) is 0 Å². The quantitative estimate of drug-likeness (QED) is 0.760. The van der Waals surface area contributed by atoms with Gasteiger partial charge < -0.3 is 0 Å². The predicted octanol–water partition coefficient (Wildman–Crippen LogP) is 3.78. The van der Waals surface area contributed by atoms with Gasteiger partial charge in [0.25, 0.3) is 0 Å². The van der Waals surface area contributed by atoms with Crippen LogP contribution in [0.15, 0.2) is 6.20 Å². The number of alkyl halides is 3. The highest BCUT2D eigenvalue weighted by Gasteiger charge is 2.36. The highest BCUT2D eigenvalue weighted by molar-refractivity contribution is 7.13. The summed E-state index contributed by atoms with van der Waals surface area (Å²) in [4.78, 5) is 15.3. The fraction of sp³-hybridized carbons (Fsp3) is 0.636. The van der Waals surface area contributed by atoms with Crippen molar-refractivity contribution < 1.29 is 18.0 Å². The molecular weight excluding hydrogens is 251 g/mol. The molecule has 0 spiro atoms. The number of nitrogens with zero attached hydrogens (tertiary/aromatic N) is 1. The van der Waals surface area contributed by atoms with Crippen LogP contribution in [0.4, 0.5) is 13.2 Å². The van der Waals surface area contributed by atoms with E-state index in [9.17, 15) is 18.0 Å². The number of hydrogen-bond acceptors (Lipinski definition) is 3. The Morgan fingerprint density at radius 2 is 2.18 bits per heavy atom. The van der Waals surface area contributed by atoms with Crippen molar-refractivity contribution in [1.29, 1.82) is 0 Å². The Balaban J connectivity index is 2.13. The number of carbonyl (C=O) groups is 1. The Bertz CT molecular complexity index is 427. The topological polar surface area (TPSA) is 30.0 Å². The molecule has 1 fully saturated rings. The van der Waals surface area contributed by atoms with Gasteiger partial charge in [-0.1, -0.05) is 6.92 Å². The summed E-state index contributed by atoms with van der Waals surface area (Å²) in [5.41, 5.74) is 0. The minimum atomic E-state index is -4.45. The van der Waals surface area contributed by atoms with Gasteiger partial charge in [-0.25, -0.2) is 4.98 Å². The van der Waals surface area contributed by atoms with Gasteiger partial charge in [-0.3, -0.25) is 4.79 Å². The summed E-state index contributed by atoms with van der Waals surface area (Å²) in [5, 5.41) is -0.938. The molecule has 1 heterocycles. The molecule has 1 aromatic rings. The number of rotatable bonds is 2. The van der Waals surface area contributed by atoms with Gasteiger partial charge in [0.15, 0.2) is 10.8 Å². The van der Waals surface area contributed by atoms with Crippen molar-refractivity contribution >= 4 is 17.1 Å². The van der Waals surface area contributed by atoms with E-state index in [4.69, 9.17) is 0 Å². The average molecular weight is 263 g/mol. The zero-order valence-electron chi connectivity index (χ0n) is 9.25. The Kier molecular flexibility index (Phi) is 3.25. The summed E-state index contributed by atoms with van der Waals surface area (Å²) >= 11 is 0.450. The van der Waals surface area contributed by atoms with Crippen molar-refractivity contribution in [2.75, 3.05) is 0 Å². The summed E-state index contributed by atoms with van der Waals surface area (Å²) in [6, 6.07) is 0. The van der Waals surface area contributed by atoms with Crippen LogP contribution in [0.2, 0.25) is 0 Å². The van der Waals surface area contributed by atoms with Crippen molar-refractivity contribution in [3.05, 3.63) is 16.1 Å². The maximum absolute atomic E-state index is 12.3. The third-order valence-electron chi connectivity index (χ3n) is 3.06. The minimum absolute atomic E-state index is 0.119. The molecule has 0 aliphatic heterocycles. The van der Waals surface area contributed by atoms with E-state index in [1.54, 1.807) is 0 Å². The van der Waals surface area contributed by atoms with Gasteiger partial charge in [-0.05, 0) is 25.2 Å². The first-order chi connectivity index (χ1) is 7.88. The lowest BCUT2D eigenvalue weighted by atomic mass is 10.0. The first kappa shape index (κ1) is 12.5. The van der Waals surface area contributed by atoms with E-state index in [2.05, 4.69) is 11.9 Å². The molecule has 2 atom stereocenters. The van der Waals surface area contributed by atoms with Gasteiger partial charge in [0.05, 0.1) is 4.88 Å². The zero-order valence-corrected chi connectivity index (χ0v) is 10.1. The molecule has 1 saturated carbocycles. The Hall–Kier alpha value is -0.910. The monoisotopic (exact) mass is 263 g/mol. The van der Waals surface area contributed by atoms with Crippen LogP contribution in [0.3, 0.4) is 0 Å². The molecule has 2 unspecified atom stereocenters.